The van der Waals surface area contributed by atoms with Crippen molar-refractivity contribution in [1.82, 2.24) is 0 Å². The molecule has 0 aliphatic heterocycles. The summed E-state index contributed by atoms with van der Waals surface area (Å²) < 4.78 is 4.19. The predicted octanol–water partition coefficient (Wildman–Crippen LogP) is -0.644. The van der Waals surface area contributed by atoms with Crippen LogP contribution in [0.3, 0.4) is 0 Å². The van der Waals surface area contributed by atoms with Gasteiger partial charge >= 0.3 is 5.97 Å². The number of carbonyl (C=O) groups is 1. The average molecular weight is 103 g/mol. The molecule has 0 saturated carbocycles. The van der Waals surface area contributed by atoms with Crippen LogP contribution in [0, 0.1) is 6.92 Å². The maximum Gasteiger partial charge on any atom is 0.331 e. The maximum absolute atomic E-state index is 9.90. The van der Waals surface area contributed by atoms with Gasteiger partial charge in [0.1, 0.15) is 6.61 Å². The Hall–Kier alpha value is -0.570. The summed E-state index contributed by atoms with van der Waals surface area (Å²) in [6, 6.07) is 0. The highest BCUT2D eigenvalue weighted by Gasteiger charge is 1.92. The zero-order valence-corrected chi connectivity index (χ0v) is 3.89. The average Bonchev–Trinajstić information content (AvgIpc) is 1.68. The van der Waals surface area contributed by atoms with Crippen molar-refractivity contribution >= 4 is 5.97 Å². The summed E-state index contributed by atoms with van der Waals surface area (Å²) in [5, 5.41) is 7.96. The van der Waals surface area contributed by atoms with E-state index in [0.717, 1.165) is 0 Å². The van der Waals surface area contributed by atoms with Crippen molar-refractivity contribution in [3.05, 3.63) is 6.92 Å². The summed E-state index contributed by atoms with van der Waals surface area (Å²) in [5.41, 5.74) is 0. The number of hydrogen-bond acceptors (Lipinski definition) is 3. The number of carbonyl (C=O) groups excluding carboxylic acids is 1. The third-order valence-corrected chi connectivity index (χ3v) is 0.392. The van der Waals surface area contributed by atoms with Crippen molar-refractivity contribution in [3.8, 4) is 0 Å². The molecule has 7 heavy (non-hydrogen) atoms. The van der Waals surface area contributed by atoms with Gasteiger partial charge in [-0.25, -0.2) is 4.79 Å². The van der Waals surface area contributed by atoms with Crippen molar-refractivity contribution < 1.29 is 14.6 Å². The Morgan fingerprint density at radius 2 is 2.43 bits per heavy atom. The van der Waals surface area contributed by atoms with Gasteiger partial charge in [-0.2, -0.15) is 0 Å². The van der Waals surface area contributed by atoms with Crippen molar-refractivity contribution in [2.24, 2.45) is 0 Å². The number of aliphatic hydroxyl groups is 1. The lowest BCUT2D eigenvalue weighted by atomic mass is 10.7. The van der Waals surface area contributed by atoms with Crippen LogP contribution in [-0.2, 0) is 9.53 Å². The quantitative estimate of drug-likeness (QED) is 0.473. The van der Waals surface area contributed by atoms with E-state index in [9.17, 15) is 4.79 Å². The Morgan fingerprint density at radius 3 is 2.57 bits per heavy atom. The molecule has 0 bridgehead atoms. The third-order valence-electron chi connectivity index (χ3n) is 0.392. The molecule has 41 valence electrons. The fraction of sp³-hybridized carbons (Fsp3) is 0.500. The second-order valence-electron chi connectivity index (χ2n) is 0.879. The Bertz CT molecular complexity index is 60.0. The van der Waals surface area contributed by atoms with Gasteiger partial charge in [0, 0.05) is 0 Å². The van der Waals surface area contributed by atoms with E-state index in [1.807, 2.05) is 0 Å². The minimum Gasteiger partial charge on any atom is -0.464 e. The van der Waals surface area contributed by atoms with Gasteiger partial charge in [0.05, 0.1) is 6.61 Å². The normalized spacial score (nSPS) is 8.29. The summed E-state index contributed by atoms with van der Waals surface area (Å²) in [6.07, 6.45) is 0. The van der Waals surface area contributed by atoms with Gasteiger partial charge in [0.2, 0.25) is 0 Å². The van der Waals surface area contributed by atoms with Gasteiger partial charge in [0.15, 0.2) is 0 Å². The molecular weight excluding hydrogens is 96.0 g/mol. The minimum atomic E-state index is -0.630. The second kappa shape index (κ2) is 3.61. The van der Waals surface area contributed by atoms with Gasteiger partial charge < -0.3 is 9.84 Å². The first-order valence-electron chi connectivity index (χ1n) is 1.87. The monoisotopic (exact) mass is 103 g/mol. The maximum atomic E-state index is 9.90. The lowest BCUT2D eigenvalue weighted by Crippen LogP contribution is -2.07. The molecule has 1 radical (unpaired) electrons. The van der Waals surface area contributed by atoms with Crippen LogP contribution in [0.5, 0.6) is 0 Å². The van der Waals surface area contributed by atoms with Gasteiger partial charge in [-0.3, -0.25) is 0 Å². The van der Waals surface area contributed by atoms with Crippen molar-refractivity contribution in [1.29, 1.82) is 0 Å². The second-order valence-corrected chi connectivity index (χ2v) is 0.879. The highest BCUT2D eigenvalue weighted by molar-refractivity contribution is 5.70. The molecular formula is C4H7O3. The van der Waals surface area contributed by atoms with E-state index in [1.165, 1.54) is 0 Å². The molecule has 0 aliphatic rings. The fourth-order valence-electron chi connectivity index (χ4n) is 0.159. The van der Waals surface area contributed by atoms with Crippen LogP contribution in [0.15, 0.2) is 0 Å². The zero-order chi connectivity index (χ0) is 5.70. The van der Waals surface area contributed by atoms with Crippen LogP contribution in [0.25, 0.3) is 0 Å². The lowest BCUT2D eigenvalue weighted by Gasteiger charge is -1.93. The largest absolute Gasteiger partial charge is 0.464 e. The molecule has 0 atom stereocenters. The summed E-state index contributed by atoms with van der Waals surface area (Å²) in [7, 11) is 0. The molecule has 0 rings (SSSR count). The Labute approximate surface area is 41.9 Å². The SMILES string of the molecule is [CH2]COC(=O)CO. The van der Waals surface area contributed by atoms with E-state index >= 15 is 0 Å². The van der Waals surface area contributed by atoms with E-state index in [4.69, 9.17) is 5.11 Å². The zero-order valence-electron chi connectivity index (χ0n) is 3.89. The number of esters is 1. The highest BCUT2D eigenvalue weighted by Crippen LogP contribution is 1.71. The smallest absolute Gasteiger partial charge is 0.331 e. The van der Waals surface area contributed by atoms with Crippen LogP contribution in [0.1, 0.15) is 0 Å². The Balaban J connectivity index is 3.00. The van der Waals surface area contributed by atoms with E-state index in [2.05, 4.69) is 11.7 Å². The van der Waals surface area contributed by atoms with Gasteiger partial charge in [-0.05, 0) is 6.92 Å². The molecule has 0 heterocycles. The molecule has 0 fully saturated rings. The molecule has 0 aliphatic carbocycles. The molecule has 0 aromatic carbocycles. The van der Waals surface area contributed by atoms with Crippen LogP contribution in [0.4, 0.5) is 0 Å². The van der Waals surface area contributed by atoms with Crippen LogP contribution in [-0.4, -0.2) is 24.3 Å². The van der Waals surface area contributed by atoms with E-state index in [0.29, 0.717) is 0 Å². The first kappa shape index (κ1) is 6.43. The Kier molecular flexibility index (Phi) is 3.32. The number of aliphatic hydroxyl groups excluding tert-OH is 1. The number of rotatable bonds is 2. The van der Waals surface area contributed by atoms with E-state index < -0.39 is 12.6 Å². The molecule has 0 unspecified atom stereocenters. The number of ether oxygens (including phenoxy) is 1. The first-order valence-corrected chi connectivity index (χ1v) is 1.87. The fourth-order valence-corrected chi connectivity index (χ4v) is 0.159. The molecule has 0 amide bonds. The summed E-state index contributed by atoms with van der Waals surface area (Å²) in [5.74, 6) is -0.630. The third kappa shape index (κ3) is 3.26. The van der Waals surface area contributed by atoms with Gasteiger partial charge in [0.25, 0.3) is 0 Å². The minimum absolute atomic E-state index is 0.0827. The van der Waals surface area contributed by atoms with Crippen LogP contribution < -0.4 is 0 Å². The molecule has 0 saturated heterocycles. The van der Waals surface area contributed by atoms with E-state index in [1.54, 1.807) is 0 Å². The van der Waals surface area contributed by atoms with Gasteiger partial charge in [-0.15, -0.1) is 0 Å². The van der Waals surface area contributed by atoms with Crippen LogP contribution in [0.2, 0.25) is 0 Å². The van der Waals surface area contributed by atoms with E-state index in [-0.39, 0.29) is 6.61 Å². The first-order chi connectivity index (χ1) is 3.31. The topological polar surface area (TPSA) is 46.5 Å². The van der Waals surface area contributed by atoms with Gasteiger partial charge in [-0.1, -0.05) is 0 Å². The molecule has 1 N–H and O–H groups in total. The van der Waals surface area contributed by atoms with Crippen LogP contribution >= 0.6 is 0 Å². The molecule has 0 aromatic rings. The highest BCUT2D eigenvalue weighted by atomic mass is 16.5. The lowest BCUT2D eigenvalue weighted by molar-refractivity contribution is -0.145. The predicted molar refractivity (Wildman–Crippen MR) is 23.4 cm³/mol. The number of hydrogen-bond donors (Lipinski definition) is 1. The molecule has 0 aromatic heterocycles. The summed E-state index contributed by atoms with van der Waals surface area (Å²) in [4.78, 5) is 9.90. The molecule has 3 nitrogen and oxygen atoms in total. The van der Waals surface area contributed by atoms with Crippen molar-refractivity contribution in [2.45, 2.75) is 0 Å². The van der Waals surface area contributed by atoms with Crippen molar-refractivity contribution in [2.75, 3.05) is 13.2 Å². The summed E-state index contributed by atoms with van der Waals surface area (Å²) in [6.45, 7) is 2.74. The Morgan fingerprint density at radius 1 is 1.86 bits per heavy atom. The summed E-state index contributed by atoms with van der Waals surface area (Å²) >= 11 is 0. The van der Waals surface area contributed by atoms with Crippen molar-refractivity contribution in [3.63, 3.8) is 0 Å². The molecule has 3 heteroatoms. The molecule has 0 spiro atoms. The standard InChI is InChI=1S/C4H7O3/c1-2-7-4(6)3-5/h5H,1-3H2.